The molecule has 0 fully saturated rings. The number of hydrogen-bond donors (Lipinski definition) is 1. The molecule has 1 N–H and O–H groups in total. The van der Waals surface area contributed by atoms with Gasteiger partial charge in [-0.05, 0) is 13.0 Å². The minimum Gasteiger partial charge on any atom is -0.316 e. The summed E-state index contributed by atoms with van der Waals surface area (Å²) in [5, 5.41) is 3.46. The quantitative estimate of drug-likeness (QED) is 0.413. The van der Waals surface area contributed by atoms with E-state index in [0.29, 0.717) is 0 Å². The molecule has 0 radical (unpaired) electrons. The Labute approximate surface area is 106 Å². The third kappa shape index (κ3) is 13.9. The molecule has 2 heteroatoms. The van der Waals surface area contributed by atoms with Crippen LogP contribution in [0.4, 0.5) is 0 Å². The normalized spacial score (nSPS) is 10.2. The topological polar surface area (TPSA) is 12.0 Å². The summed E-state index contributed by atoms with van der Waals surface area (Å²) in [5.41, 5.74) is 0. The third-order valence-corrected chi connectivity index (χ3v) is 3.43. The van der Waals surface area contributed by atoms with Gasteiger partial charge in [-0.1, -0.05) is 51.4 Å². The lowest BCUT2D eigenvalue weighted by Gasteiger charge is -2.03. The Morgan fingerprint density at radius 3 is 2.38 bits per heavy atom. The zero-order valence-corrected chi connectivity index (χ0v) is 11.6. The maximum Gasteiger partial charge on any atom is 0.0545 e. The molecule has 0 bridgehead atoms. The van der Waals surface area contributed by atoms with Crippen LogP contribution in [0.5, 0.6) is 0 Å². The van der Waals surface area contributed by atoms with E-state index in [9.17, 15) is 0 Å². The van der Waals surface area contributed by atoms with E-state index in [2.05, 4.69) is 18.2 Å². The van der Waals surface area contributed by atoms with Crippen molar-refractivity contribution in [3.8, 4) is 12.3 Å². The molecule has 0 heterocycles. The molecule has 0 atom stereocenters. The Morgan fingerprint density at radius 2 is 1.69 bits per heavy atom. The number of thioether (sulfide) groups is 1. The van der Waals surface area contributed by atoms with E-state index < -0.39 is 0 Å². The molecular formula is C14H27NS. The van der Waals surface area contributed by atoms with Gasteiger partial charge in [0.25, 0.3) is 0 Å². The summed E-state index contributed by atoms with van der Waals surface area (Å²) in [5.74, 6) is 4.62. The molecule has 0 aromatic rings. The van der Waals surface area contributed by atoms with Gasteiger partial charge in [-0.2, -0.15) is 0 Å². The van der Waals surface area contributed by atoms with Gasteiger partial charge in [-0.25, -0.2) is 0 Å². The maximum absolute atomic E-state index is 5.17. The molecule has 16 heavy (non-hydrogen) atoms. The lowest BCUT2D eigenvalue weighted by molar-refractivity contribution is 0.569. The first-order valence-corrected chi connectivity index (χ1v) is 7.79. The molecule has 94 valence electrons. The van der Waals surface area contributed by atoms with Crippen molar-refractivity contribution in [2.75, 3.05) is 24.6 Å². The summed E-state index contributed by atoms with van der Waals surface area (Å²) in [4.78, 5) is 0. The van der Waals surface area contributed by atoms with Gasteiger partial charge in [-0.3, -0.25) is 0 Å². The van der Waals surface area contributed by atoms with Crippen LogP contribution in [-0.4, -0.2) is 24.6 Å². The SMILES string of the molecule is C#CCSCCNCCCCCCCCC. The van der Waals surface area contributed by atoms with Gasteiger partial charge in [0.2, 0.25) is 0 Å². The van der Waals surface area contributed by atoms with Crippen LogP contribution in [-0.2, 0) is 0 Å². The summed E-state index contributed by atoms with van der Waals surface area (Å²) >= 11 is 1.83. The van der Waals surface area contributed by atoms with E-state index in [4.69, 9.17) is 6.42 Å². The third-order valence-electron chi connectivity index (χ3n) is 2.57. The first kappa shape index (κ1) is 15.9. The van der Waals surface area contributed by atoms with Gasteiger partial charge in [0.15, 0.2) is 0 Å². The van der Waals surface area contributed by atoms with E-state index in [1.54, 1.807) is 0 Å². The molecule has 0 saturated heterocycles. The van der Waals surface area contributed by atoms with E-state index >= 15 is 0 Å². The van der Waals surface area contributed by atoms with Crippen molar-refractivity contribution in [2.45, 2.75) is 51.9 Å². The van der Waals surface area contributed by atoms with E-state index in [0.717, 1.165) is 18.1 Å². The smallest absolute Gasteiger partial charge is 0.0545 e. The van der Waals surface area contributed by atoms with Crippen molar-refractivity contribution in [3.05, 3.63) is 0 Å². The highest BCUT2D eigenvalue weighted by atomic mass is 32.2. The maximum atomic E-state index is 5.17. The summed E-state index contributed by atoms with van der Waals surface area (Å²) in [6, 6.07) is 0. The van der Waals surface area contributed by atoms with Gasteiger partial charge in [0, 0.05) is 12.3 Å². The van der Waals surface area contributed by atoms with Crippen molar-refractivity contribution < 1.29 is 0 Å². The first-order valence-electron chi connectivity index (χ1n) is 6.63. The molecule has 0 unspecified atom stereocenters. The van der Waals surface area contributed by atoms with Crippen molar-refractivity contribution in [2.24, 2.45) is 0 Å². The molecule has 0 aromatic carbocycles. The zero-order chi connectivity index (χ0) is 11.9. The highest BCUT2D eigenvalue weighted by Crippen LogP contribution is 2.06. The predicted molar refractivity (Wildman–Crippen MR) is 77.0 cm³/mol. The van der Waals surface area contributed by atoms with Crippen LogP contribution < -0.4 is 5.32 Å². The molecular weight excluding hydrogens is 214 g/mol. The minimum atomic E-state index is 0.846. The molecule has 0 rings (SSSR count). The summed E-state index contributed by atoms with van der Waals surface area (Å²) in [6.07, 6.45) is 14.9. The standard InChI is InChI=1S/C14H27NS/c1-3-5-6-7-8-9-10-11-15-12-14-16-13-4-2/h2,15H,3,5-14H2,1H3. The van der Waals surface area contributed by atoms with Crippen molar-refractivity contribution in [1.29, 1.82) is 0 Å². The fraction of sp³-hybridized carbons (Fsp3) is 0.857. The van der Waals surface area contributed by atoms with Crippen molar-refractivity contribution in [3.63, 3.8) is 0 Å². The van der Waals surface area contributed by atoms with Gasteiger partial charge in [0.05, 0.1) is 5.75 Å². The molecule has 0 spiro atoms. The summed E-state index contributed by atoms with van der Waals surface area (Å²) < 4.78 is 0. The van der Waals surface area contributed by atoms with Crippen LogP contribution in [0.25, 0.3) is 0 Å². The van der Waals surface area contributed by atoms with Gasteiger partial charge < -0.3 is 5.32 Å². The van der Waals surface area contributed by atoms with Crippen molar-refractivity contribution >= 4 is 11.8 Å². The molecule has 0 aliphatic rings. The first-order chi connectivity index (χ1) is 7.91. The highest BCUT2D eigenvalue weighted by molar-refractivity contribution is 7.99. The van der Waals surface area contributed by atoms with Crippen molar-refractivity contribution in [1.82, 2.24) is 5.32 Å². The Morgan fingerprint density at radius 1 is 1.00 bits per heavy atom. The molecule has 0 saturated carbocycles. The van der Waals surface area contributed by atoms with Crippen LogP contribution in [0.2, 0.25) is 0 Å². The summed E-state index contributed by atoms with van der Waals surface area (Å²) in [6.45, 7) is 4.54. The van der Waals surface area contributed by atoms with E-state index in [-0.39, 0.29) is 0 Å². The highest BCUT2D eigenvalue weighted by Gasteiger charge is 1.91. The lowest BCUT2D eigenvalue weighted by atomic mass is 10.1. The van der Waals surface area contributed by atoms with Crippen LogP contribution in [0.15, 0.2) is 0 Å². The van der Waals surface area contributed by atoms with Gasteiger partial charge >= 0.3 is 0 Å². The Hall–Kier alpha value is -0.130. The zero-order valence-electron chi connectivity index (χ0n) is 10.8. The molecule has 0 amide bonds. The summed E-state index contributed by atoms with van der Waals surface area (Å²) in [7, 11) is 0. The van der Waals surface area contributed by atoms with Crippen LogP contribution in [0.1, 0.15) is 51.9 Å². The fourth-order valence-electron chi connectivity index (χ4n) is 1.61. The second-order valence-corrected chi connectivity index (χ2v) is 5.23. The number of nitrogens with one attached hydrogen (secondary N) is 1. The molecule has 0 aromatic heterocycles. The largest absolute Gasteiger partial charge is 0.316 e. The second kappa shape index (κ2) is 14.9. The van der Waals surface area contributed by atoms with E-state index in [1.807, 2.05) is 11.8 Å². The fourth-order valence-corrected chi connectivity index (χ4v) is 2.16. The Bertz CT molecular complexity index is 163. The van der Waals surface area contributed by atoms with Crippen LogP contribution in [0, 0.1) is 12.3 Å². The second-order valence-electron chi connectivity index (χ2n) is 4.13. The number of hydrogen-bond acceptors (Lipinski definition) is 2. The Balaban J connectivity index is 2.86. The molecule has 0 aliphatic heterocycles. The molecule has 1 nitrogen and oxygen atoms in total. The Kier molecular flexibility index (Phi) is 14.7. The monoisotopic (exact) mass is 241 g/mol. The van der Waals surface area contributed by atoms with Crippen LogP contribution in [0.3, 0.4) is 0 Å². The van der Waals surface area contributed by atoms with Gasteiger partial charge in [-0.15, -0.1) is 18.2 Å². The predicted octanol–water partition coefficient (Wildman–Crippen LogP) is 3.69. The van der Waals surface area contributed by atoms with E-state index in [1.165, 1.54) is 51.5 Å². The lowest BCUT2D eigenvalue weighted by Crippen LogP contribution is -2.18. The van der Waals surface area contributed by atoms with Gasteiger partial charge in [0.1, 0.15) is 0 Å². The number of terminal acetylenes is 1. The molecule has 0 aliphatic carbocycles. The van der Waals surface area contributed by atoms with Crippen LogP contribution >= 0.6 is 11.8 Å². The minimum absolute atomic E-state index is 0.846. The average molecular weight is 241 g/mol. The number of rotatable bonds is 12. The average Bonchev–Trinajstić information content (AvgIpc) is 2.31. The number of unbranched alkanes of at least 4 members (excludes halogenated alkanes) is 6.